The Morgan fingerprint density at radius 2 is 2.15 bits per heavy atom. The number of nitrogens with two attached hydrogens (primary N) is 1. The average Bonchev–Trinajstić information content (AvgIpc) is 3.37. The number of ether oxygens (including phenoxy) is 1. The van der Waals surface area contributed by atoms with Crippen LogP contribution in [0.15, 0.2) is 35.7 Å². The molecule has 0 radical (unpaired) electrons. The Labute approximate surface area is 159 Å². The molecule has 0 bridgehead atoms. The Hall–Kier alpha value is -2.05. The summed E-state index contributed by atoms with van der Waals surface area (Å²) >= 11 is 6.01. The Kier molecular flexibility index (Phi) is 5.84. The summed E-state index contributed by atoms with van der Waals surface area (Å²) in [4.78, 5) is 15.0. The fourth-order valence-electron chi connectivity index (χ4n) is 2.91. The van der Waals surface area contributed by atoms with Crippen molar-refractivity contribution in [1.29, 1.82) is 5.41 Å². The van der Waals surface area contributed by atoms with E-state index in [0.29, 0.717) is 23.0 Å². The molecule has 1 aliphatic carbocycles. The van der Waals surface area contributed by atoms with Crippen molar-refractivity contribution in [3.05, 3.63) is 40.7 Å². The lowest BCUT2D eigenvalue weighted by Gasteiger charge is -2.29. The SMILES string of the molecule is CC1(CO/C(C(=O)Nc2cccc(Cl)c2)=C(/C=N)N2CC[NH2+]CC2)CC1. The third-order valence-corrected chi connectivity index (χ3v) is 5.11. The number of anilines is 1. The van der Waals surface area contributed by atoms with Crippen LogP contribution >= 0.6 is 11.6 Å². The number of rotatable bonds is 7. The number of carbonyl (C=O) groups excluding carboxylic acids is 1. The predicted molar refractivity (Wildman–Crippen MR) is 102 cm³/mol. The van der Waals surface area contributed by atoms with Gasteiger partial charge in [0.1, 0.15) is 5.70 Å². The highest BCUT2D eigenvalue weighted by atomic mass is 35.5. The highest BCUT2D eigenvalue weighted by Gasteiger charge is 2.39. The summed E-state index contributed by atoms with van der Waals surface area (Å²) in [5.74, 6) is -0.125. The fourth-order valence-corrected chi connectivity index (χ4v) is 3.10. The van der Waals surface area contributed by atoms with Crippen molar-refractivity contribution in [3.8, 4) is 0 Å². The standard InChI is InChI=1S/C19H25ClN4O2/c1-19(5-6-19)13-26-17(16(12-21)24-9-7-22-8-10-24)18(25)23-15-4-2-3-14(20)11-15/h2-4,11-12,21-22H,5-10,13H2,1H3,(H,23,25)/p+1/b17-16-,21-12?. The molecule has 2 aliphatic rings. The zero-order chi connectivity index (χ0) is 18.6. The molecule has 26 heavy (non-hydrogen) atoms. The first-order chi connectivity index (χ1) is 12.5. The average molecular weight is 378 g/mol. The van der Waals surface area contributed by atoms with Crippen molar-refractivity contribution in [2.24, 2.45) is 5.41 Å². The van der Waals surface area contributed by atoms with E-state index in [1.165, 1.54) is 6.21 Å². The molecule has 7 heteroatoms. The number of benzene rings is 1. The molecule has 1 saturated heterocycles. The highest BCUT2D eigenvalue weighted by molar-refractivity contribution is 6.31. The van der Waals surface area contributed by atoms with Gasteiger partial charge >= 0.3 is 0 Å². The molecular weight excluding hydrogens is 352 g/mol. The molecule has 6 nitrogen and oxygen atoms in total. The smallest absolute Gasteiger partial charge is 0.293 e. The number of nitrogens with one attached hydrogen (secondary N) is 2. The number of amides is 1. The van der Waals surface area contributed by atoms with Crippen molar-refractivity contribution < 1.29 is 14.8 Å². The van der Waals surface area contributed by atoms with Crippen LogP contribution in [0.3, 0.4) is 0 Å². The molecule has 1 amide bonds. The molecule has 0 atom stereocenters. The Morgan fingerprint density at radius 1 is 1.42 bits per heavy atom. The van der Waals surface area contributed by atoms with Gasteiger partial charge in [0.25, 0.3) is 5.91 Å². The molecule has 2 fully saturated rings. The maximum absolute atomic E-state index is 12.9. The van der Waals surface area contributed by atoms with Gasteiger partial charge < -0.3 is 25.7 Å². The molecule has 1 aliphatic heterocycles. The number of halogens is 1. The normalized spacial score (nSPS) is 19.4. The van der Waals surface area contributed by atoms with Crippen LogP contribution < -0.4 is 10.6 Å². The van der Waals surface area contributed by atoms with Crippen LogP contribution in [0.4, 0.5) is 5.69 Å². The van der Waals surface area contributed by atoms with Crippen LogP contribution in [-0.4, -0.2) is 49.8 Å². The van der Waals surface area contributed by atoms with Crippen LogP contribution in [0.5, 0.6) is 0 Å². The van der Waals surface area contributed by atoms with E-state index in [4.69, 9.17) is 21.7 Å². The first-order valence-corrected chi connectivity index (χ1v) is 9.40. The van der Waals surface area contributed by atoms with E-state index in [-0.39, 0.29) is 17.1 Å². The van der Waals surface area contributed by atoms with Gasteiger partial charge in [0, 0.05) is 22.3 Å². The van der Waals surface area contributed by atoms with Crippen LogP contribution in [-0.2, 0) is 9.53 Å². The summed E-state index contributed by atoms with van der Waals surface area (Å²) in [6, 6.07) is 7.01. The van der Waals surface area contributed by atoms with E-state index in [0.717, 1.165) is 39.0 Å². The van der Waals surface area contributed by atoms with Crippen LogP contribution in [0.1, 0.15) is 19.8 Å². The zero-order valence-electron chi connectivity index (χ0n) is 15.1. The summed E-state index contributed by atoms with van der Waals surface area (Å²) in [5, 5.41) is 13.5. The summed E-state index contributed by atoms with van der Waals surface area (Å²) in [6.45, 7) is 6.11. The van der Waals surface area contributed by atoms with Crippen molar-refractivity contribution in [2.45, 2.75) is 19.8 Å². The van der Waals surface area contributed by atoms with Crippen molar-refractivity contribution in [2.75, 3.05) is 38.1 Å². The topological polar surface area (TPSA) is 82.0 Å². The molecule has 1 aromatic carbocycles. The molecular formula is C19H26ClN4O2+. The number of hydrogen-bond acceptors (Lipinski definition) is 4. The van der Waals surface area contributed by atoms with Gasteiger partial charge in [-0.15, -0.1) is 0 Å². The zero-order valence-corrected chi connectivity index (χ0v) is 15.8. The summed E-state index contributed by atoms with van der Waals surface area (Å²) in [6.07, 6.45) is 3.44. The van der Waals surface area contributed by atoms with Crippen molar-refractivity contribution >= 4 is 29.4 Å². The number of hydrogen-bond donors (Lipinski definition) is 3. The van der Waals surface area contributed by atoms with E-state index < -0.39 is 0 Å². The van der Waals surface area contributed by atoms with Crippen LogP contribution in [0.2, 0.25) is 5.02 Å². The van der Waals surface area contributed by atoms with Crippen molar-refractivity contribution in [1.82, 2.24) is 4.90 Å². The van der Waals surface area contributed by atoms with Gasteiger partial charge in [-0.1, -0.05) is 24.6 Å². The van der Waals surface area contributed by atoms with Gasteiger partial charge in [-0.2, -0.15) is 0 Å². The second-order valence-corrected chi connectivity index (χ2v) is 7.71. The third-order valence-electron chi connectivity index (χ3n) is 4.87. The maximum Gasteiger partial charge on any atom is 0.293 e. The minimum atomic E-state index is -0.343. The first-order valence-electron chi connectivity index (χ1n) is 9.02. The Morgan fingerprint density at radius 3 is 2.77 bits per heavy atom. The highest BCUT2D eigenvalue weighted by Crippen LogP contribution is 2.45. The van der Waals surface area contributed by atoms with Gasteiger partial charge in [0.2, 0.25) is 5.76 Å². The molecule has 140 valence electrons. The number of allylic oxidation sites excluding steroid dienone is 1. The monoisotopic (exact) mass is 377 g/mol. The third kappa shape index (κ3) is 4.77. The molecule has 1 aromatic rings. The minimum Gasteiger partial charge on any atom is -0.486 e. The van der Waals surface area contributed by atoms with E-state index in [9.17, 15) is 4.79 Å². The molecule has 1 saturated carbocycles. The maximum atomic E-state index is 12.9. The van der Waals surface area contributed by atoms with Gasteiger partial charge in [-0.3, -0.25) is 4.79 Å². The fraction of sp³-hybridized carbons (Fsp3) is 0.474. The predicted octanol–water partition coefficient (Wildman–Crippen LogP) is 1.84. The summed E-state index contributed by atoms with van der Waals surface area (Å²) < 4.78 is 5.97. The van der Waals surface area contributed by atoms with E-state index >= 15 is 0 Å². The number of carbonyl (C=O) groups is 1. The molecule has 0 spiro atoms. The first kappa shape index (κ1) is 18.7. The largest absolute Gasteiger partial charge is 0.486 e. The second-order valence-electron chi connectivity index (χ2n) is 7.28. The second kappa shape index (κ2) is 8.10. The van der Waals surface area contributed by atoms with Gasteiger partial charge in [-0.25, -0.2) is 0 Å². The number of piperazine rings is 1. The lowest BCUT2D eigenvalue weighted by atomic mass is 10.2. The molecule has 0 aromatic heterocycles. The number of nitrogens with zero attached hydrogens (tertiary/aromatic N) is 1. The minimum absolute atomic E-state index is 0.143. The van der Waals surface area contributed by atoms with Crippen LogP contribution in [0.25, 0.3) is 0 Å². The Bertz CT molecular complexity index is 709. The van der Waals surface area contributed by atoms with Gasteiger partial charge in [-0.05, 0) is 31.0 Å². The van der Waals surface area contributed by atoms with Crippen molar-refractivity contribution in [3.63, 3.8) is 0 Å². The summed E-state index contributed by atoms with van der Waals surface area (Å²) in [7, 11) is 0. The number of quaternary nitrogens is 1. The molecule has 1 heterocycles. The summed E-state index contributed by atoms with van der Waals surface area (Å²) in [5.41, 5.74) is 1.30. The lowest BCUT2D eigenvalue weighted by molar-refractivity contribution is -0.662. The quantitative estimate of drug-likeness (QED) is 0.385. The van der Waals surface area contributed by atoms with E-state index in [2.05, 4.69) is 22.5 Å². The van der Waals surface area contributed by atoms with E-state index in [1.807, 2.05) is 0 Å². The van der Waals surface area contributed by atoms with Crippen LogP contribution in [0, 0.1) is 10.8 Å². The van der Waals surface area contributed by atoms with E-state index in [1.54, 1.807) is 24.3 Å². The molecule has 0 unspecified atom stereocenters. The van der Waals surface area contributed by atoms with Gasteiger partial charge in [0.15, 0.2) is 0 Å². The molecule has 4 N–H and O–H groups in total. The Balaban J connectivity index is 1.83. The molecule has 3 rings (SSSR count). The van der Waals surface area contributed by atoms with Gasteiger partial charge in [0.05, 0.1) is 32.8 Å². The lowest BCUT2D eigenvalue weighted by Crippen LogP contribution is -2.89.